The van der Waals surface area contributed by atoms with Crippen LogP contribution in [-0.4, -0.2) is 34.9 Å². The van der Waals surface area contributed by atoms with Crippen molar-refractivity contribution in [2.75, 3.05) is 6.61 Å². The van der Waals surface area contributed by atoms with Crippen molar-refractivity contribution >= 4 is 12.1 Å². The molecule has 0 fully saturated rings. The molecule has 27 heavy (non-hydrogen) atoms. The van der Waals surface area contributed by atoms with Gasteiger partial charge in [0.1, 0.15) is 11.8 Å². The molecule has 0 aromatic heterocycles. The zero-order chi connectivity index (χ0) is 19.6. The van der Waals surface area contributed by atoms with Crippen LogP contribution in [0.25, 0.3) is 0 Å². The Morgan fingerprint density at radius 1 is 1.11 bits per heavy atom. The number of carbonyl (C=O) groups is 2. The number of aromatic hydroxyl groups is 1. The van der Waals surface area contributed by atoms with Crippen molar-refractivity contribution in [3.8, 4) is 5.75 Å². The number of carboxylic acid groups (broad SMARTS) is 1. The molecule has 3 rings (SSSR count). The van der Waals surface area contributed by atoms with Crippen LogP contribution in [0, 0.1) is 0 Å². The van der Waals surface area contributed by atoms with Gasteiger partial charge in [0.25, 0.3) is 0 Å². The third-order valence-electron chi connectivity index (χ3n) is 4.07. The summed E-state index contributed by atoms with van der Waals surface area (Å²) in [5.41, 5.74) is 3.76. The van der Waals surface area contributed by atoms with Gasteiger partial charge in [-0.05, 0) is 41.7 Å². The number of phenolic OH excluding ortho intramolecular Hbond substituents is 1. The normalized spacial score (nSPS) is 12.0. The number of alkyl carbamates (subject to hydrolysis) is 1. The summed E-state index contributed by atoms with van der Waals surface area (Å²) in [5.74, 6) is -1.03. The van der Waals surface area contributed by atoms with E-state index in [1.165, 1.54) is 29.7 Å². The largest absolute Gasteiger partial charge is 0.508 e. The highest BCUT2D eigenvalue weighted by molar-refractivity contribution is 5.80. The molecule has 144 valence electrons. The number of nitrogens with one attached hydrogen (secondary N) is 1. The van der Waals surface area contributed by atoms with Gasteiger partial charge in [0.15, 0.2) is 0 Å². The van der Waals surface area contributed by atoms with Crippen molar-refractivity contribution in [3.05, 3.63) is 65.2 Å². The second kappa shape index (κ2) is 10.2. The highest BCUT2D eigenvalue weighted by Crippen LogP contribution is 2.25. The fourth-order valence-electron chi connectivity index (χ4n) is 2.40. The number of fused-ring (bicyclic) bond motifs is 1. The molecule has 2 aromatic rings. The molecule has 0 radical (unpaired) electrons. The van der Waals surface area contributed by atoms with Crippen molar-refractivity contribution in [1.29, 1.82) is 0 Å². The standard InChI is InChI=1S/C14H19NO5.C7H6/c1-2-3-8-20-14(19)15-12(13(17)18)9-10-4-6-11(16)7-5-10;1-2-4-7-5-6(7)3-1/h4-7,12,16H,2-3,8-9H2,1H3,(H,15,19)(H,17,18);1-4H,5H2/t12-;/m0./s1. The number of rotatable bonds is 7. The number of ether oxygens (including phenoxy) is 1. The van der Waals surface area contributed by atoms with Crippen molar-refractivity contribution in [3.63, 3.8) is 0 Å². The van der Waals surface area contributed by atoms with E-state index in [0.29, 0.717) is 5.56 Å². The Hall–Kier alpha value is -3.02. The Morgan fingerprint density at radius 3 is 2.26 bits per heavy atom. The van der Waals surface area contributed by atoms with E-state index in [1.54, 1.807) is 12.1 Å². The van der Waals surface area contributed by atoms with Crippen LogP contribution in [0.4, 0.5) is 4.79 Å². The van der Waals surface area contributed by atoms with Crippen molar-refractivity contribution < 1.29 is 24.5 Å². The first kappa shape index (κ1) is 20.3. The third kappa shape index (κ3) is 7.40. The fourth-order valence-corrected chi connectivity index (χ4v) is 2.40. The lowest BCUT2D eigenvalue weighted by atomic mass is 10.1. The van der Waals surface area contributed by atoms with Crippen LogP contribution in [0.2, 0.25) is 0 Å². The molecule has 3 N–H and O–H groups in total. The first-order chi connectivity index (χ1) is 13.0. The Morgan fingerprint density at radius 2 is 1.74 bits per heavy atom. The van der Waals surface area contributed by atoms with Crippen molar-refractivity contribution in [1.82, 2.24) is 5.32 Å². The lowest BCUT2D eigenvalue weighted by Crippen LogP contribution is -2.42. The van der Waals surface area contributed by atoms with E-state index in [-0.39, 0.29) is 18.8 Å². The summed E-state index contributed by atoms with van der Waals surface area (Å²) >= 11 is 0. The van der Waals surface area contributed by atoms with Crippen LogP contribution >= 0.6 is 0 Å². The number of carbonyl (C=O) groups excluding carboxylic acids is 1. The summed E-state index contributed by atoms with van der Waals surface area (Å²) in [4.78, 5) is 22.6. The van der Waals surface area contributed by atoms with E-state index in [4.69, 9.17) is 14.9 Å². The summed E-state index contributed by atoms with van der Waals surface area (Å²) < 4.78 is 4.87. The average molecular weight is 371 g/mol. The molecule has 0 saturated heterocycles. The molecule has 1 aliphatic carbocycles. The number of hydrogen-bond donors (Lipinski definition) is 3. The van der Waals surface area contributed by atoms with Gasteiger partial charge in [-0.1, -0.05) is 49.7 Å². The minimum Gasteiger partial charge on any atom is -0.508 e. The van der Waals surface area contributed by atoms with E-state index < -0.39 is 18.1 Å². The molecule has 1 atom stereocenters. The van der Waals surface area contributed by atoms with Crippen LogP contribution in [0.3, 0.4) is 0 Å². The first-order valence-electron chi connectivity index (χ1n) is 9.00. The van der Waals surface area contributed by atoms with Gasteiger partial charge in [-0.25, -0.2) is 9.59 Å². The molecule has 0 aliphatic heterocycles. The predicted octanol–water partition coefficient (Wildman–Crippen LogP) is 3.51. The second-order valence-corrected chi connectivity index (χ2v) is 6.34. The van der Waals surface area contributed by atoms with Crippen LogP contribution in [0.1, 0.15) is 36.5 Å². The minimum atomic E-state index is -1.13. The number of aliphatic carboxylic acids is 1. The summed E-state index contributed by atoms with van der Waals surface area (Å²) in [6, 6.07) is 13.6. The Bertz CT molecular complexity index is 736. The van der Waals surface area contributed by atoms with Crippen LogP contribution in [-0.2, 0) is 22.4 Å². The smallest absolute Gasteiger partial charge is 0.407 e. The third-order valence-corrected chi connectivity index (χ3v) is 4.07. The number of benzene rings is 2. The van der Waals surface area contributed by atoms with Gasteiger partial charge in [0.2, 0.25) is 0 Å². The molecule has 0 bridgehead atoms. The van der Waals surface area contributed by atoms with Gasteiger partial charge in [-0.3, -0.25) is 0 Å². The van der Waals surface area contributed by atoms with E-state index in [0.717, 1.165) is 12.8 Å². The number of unbranched alkanes of at least 4 members (excludes halogenated alkanes) is 1. The zero-order valence-electron chi connectivity index (χ0n) is 15.4. The monoisotopic (exact) mass is 371 g/mol. The molecule has 0 heterocycles. The molecule has 6 heteroatoms. The minimum absolute atomic E-state index is 0.104. The summed E-state index contributed by atoms with van der Waals surface area (Å²) in [6.07, 6.45) is 2.27. The topological polar surface area (TPSA) is 95.9 Å². The van der Waals surface area contributed by atoms with Gasteiger partial charge >= 0.3 is 12.1 Å². The molecular weight excluding hydrogens is 346 g/mol. The van der Waals surface area contributed by atoms with Gasteiger partial charge in [-0.2, -0.15) is 0 Å². The summed E-state index contributed by atoms with van der Waals surface area (Å²) in [7, 11) is 0. The molecule has 0 spiro atoms. The molecule has 1 amide bonds. The molecular formula is C21H25NO5. The lowest BCUT2D eigenvalue weighted by Gasteiger charge is -2.14. The van der Waals surface area contributed by atoms with E-state index in [9.17, 15) is 9.59 Å². The Kier molecular flexibility index (Phi) is 7.67. The quantitative estimate of drug-likeness (QED) is 0.553. The van der Waals surface area contributed by atoms with Gasteiger partial charge in [-0.15, -0.1) is 0 Å². The Balaban J connectivity index is 0.000000304. The van der Waals surface area contributed by atoms with Gasteiger partial charge < -0.3 is 20.3 Å². The molecule has 2 aromatic carbocycles. The number of amides is 1. The maximum Gasteiger partial charge on any atom is 0.407 e. The molecule has 0 saturated carbocycles. The first-order valence-corrected chi connectivity index (χ1v) is 9.00. The van der Waals surface area contributed by atoms with E-state index in [2.05, 4.69) is 29.6 Å². The fraction of sp³-hybridized carbons (Fsp3) is 0.333. The summed E-state index contributed by atoms with van der Waals surface area (Å²) in [6.45, 7) is 2.24. The second-order valence-electron chi connectivity index (χ2n) is 6.34. The number of hydrogen-bond acceptors (Lipinski definition) is 4. The Labute approximate surface area is 158 Å². The lowest BCUT2D eigenvalue weighted by molar-refractivity contribution is -0.139. The highest BCUT2D eigenvalue weighted by Gasteiger charge is 2.21. The van der Waals surface area contributed by atoms with Gasteiger partial charge in [0, 0.05) is 6.42 Å². The van der Waals surface area contributed by atoms with E-state index in [1.807, 2.05) is 6.92 Å². The maximum absolute atomic E-state index is 11.4. The molecule has 1 aliphatic rings. The maximum atomic E-state index is 11.4. The highest BCUT2D eigenvalue weighted by atomic mass is 16.5. The summed E-state index contributed by atoms with van der Waals surface area (Å²) in [5, 5.41) is 20.6. The van der Waals surface area contributed by atoms with Crippen LogP contribution in [0.5, 0.6) is 5.75 Å². The van der Waals surface area contributed by atoms with Crippen LogP contribution < -0.4 is 5.32 Å². The van der Waals surface area contributed by atoms with Crippen molar-refractivity contribution in [2.45, 2.75) is 38.6 Å². The van der Waals surface area contributed by atoms with Gasteiger partial charge in [0.05, 0.1) is 6.61 Å². The molecule has 6 nitrogen and oxygen atoms in total. The SMILES string of the molecule is CCCCOC(=O)N[C@@H](Cc1ccc(O)cc1)C(=O)O.c1ccc2c(c1)C2. The number of carboxylic acids is 1. The van der Waals surface area contributed by atoms with E-state index >= 15 is 0 Å². The predicted molar refractivity (Wildman–Crippen MR) is 102 cm³/mol. The number of phenols is 1. The van der Waals surface area contributed by atoms with Crippen LogP contribution in [0.15, 0.2) is 48.5 Å². The molecule has 0 unspecified atom stereocenters. The average Bonchev–Trinajstić information content (AvgIpc) is 3.43. The van der Waals surface area contributed by atoms with Crippen molar-refractivity contribution in [2.24, 2.45) is 0 Å². The zero-order valence-corrected chi connectivity index (χ0v) is 15.4.